The molecule has 0 atom stereocenters. The van der Waals surface area contributed by atoms with E-state index < -0.39 is 0 Å². The van der Waals surface area contributed by atoms with E-state index in [0.717, 1.165) is 28.0 Å². The standard InChI is InChI=1S/C15H17N5O/c1-9-12(10(2)20(3)19-9)7-16-15(21)11-4-5-13-14(6-11)18-8-17-13/h4-6,8H,7H2,1-3H3,(H,16,21)(H,17,18). The van der Waals surface area contributed by atoms with E-state index in [9.17, 15) is 4.79 Å². The fourth-order valence-corrected chi connectivity index (χ4v) is 2.42. The summed E-state index contributed by atoms with van der Waals surface area (Å²) in [6, 6.07) is 5.42. The lowest BCUT2D eigenvalue weighted by Gasteiger charge is -2.06. The Morgan fingerprint density at radius 2 is 2.19 bits per heavy atom. The Morgan fingerprint density at radius 1 is 1.38 bits per heavy atom. The smallest absolute Gasteiger partial charge is 0.251 e. The number of amides is 1. The van der Waals surface area contributed by atoms with Crippen LogP contribution in [0, 0.1) is 13.8 Å². The van der Waals surface area contributed by atoms with E-state index in [1.54, 1.807) is 18.5 Å². The van der Waals surface area contributed by atoms with Gasteiger partial charge in [-0.2, -0.15) is 5.10 Å². The summed E-state index contributed by atoms with van der Waals surface area (Å²) in [4.78, 5) is 19.4. The minimum Gasteiger partial charge on any atom is -0.348 e. The number of carbonyl (C=O) groups is 1. The summed E-state index contributed by atoms with van der Waals surface area (Å²) in [7, 11) is 1.90. The summed E-state index contributed by atoms with van der Waals surface area (Å²) in [6.07, 6.45) is 1.62. The third-order valence-electron chi connectivity index (χ3n) is 3.77. The molecule has 0 fully saturated rings. The lowest BCUT2D eigenvalue weighted by molar-refractivity contribution is 0.0951. The van der Waals surface area contributed by atoms with Crippen molar-refractivity contribution in [1.29, 1.82) is 0 Å². The molecule has 0 saturated heterocycles. The van der Waals surface area contributed by atoms with Gasteiger partial charge in [-0.1, -0.05) is 0 Å². The average molecular weight is 283 g/mol. The van der Waals surface area contributed by atoms with Crippen LogP contribution in [-0.4, -0.2) is 25.7 Å². The van der Waals surface area contributed by atoms with Crippen LogP contribution in [0.3, 0.4) is 0 Å². The van der Waals surface area contributed by atoms with Crippen LogP contribution in [0.4, 0.5) is 0 Å². The molecule has 6 heteroatoms. The van der Waals surface area contributed by atoms with Crippen molar-refractivity contribution in [3.8, 4) is 0 Å². The second-order valence-corrected chi connectivity index (χ2v) is 5.09. The molecule has 1 amide bonds. The van der Waals surface area contributed by atoms with E-state index in [0.29, 0.717) is 12.1 Å². The molecule has 3 rings (SSSR count). The second-order valence-electron chi connectivity index (χ2n) is 5.09. The van der Waals surface area contributed by atoms with Gasteiger partial charge in [0.1, 0.15) is 0 Å². The van der Waals surface area contributed by atoms with E-state index in [2.05, 4.69) is 20.4 Å². The molecular weight excluding hydrogens is 266 g/mol. The van der Waals surface area contributed by atoms with Crippen molar-refractivity contribution in [2.45, 2.75) is 20.4 Å². The number of hydrogen-bond acceptors (Lipinski definition) is 3. The highest BCUT2D eigenvalue weighted by Crippen LogP contribution is 2.13. The van der Waals surface area contributed by atoms with Gasteiger partial charge in [0.15, 0.2) is 0 Å². The predicted octanol–water partition coefficient (Wildman–Crippen LogP) is 1.84. The van der Waals surface area contributed by atoms with Crippen molar-refractivity contribution in [3.05, 3.63) is 47.0 Å². The maximum Gasteiger partial charge on any atom is 0.251 e. The molecule has 1 aromatic carbocycles. The molecule has 3 aromatic rings. The van der Waals surface area contributed by atoms with Crippen LogP contribution in [0.1, 0.15) is 27.3 Å². The number of aryl methyl sites for hydroxylation is 2. The van der Waals surface area contributed by atoms with Gasteiger partial charge in [-0.3, -0.25) is 9.48 Å². The summed E-state index contributed by atoms with van der Waals surface area (Å²) in [6.45, 7) is 4.43. The lowest BCUT2D eigenvalue weighted by atomic mass is 10.1. The molecule has 0 spiro atoms. The van der Waals surface area contributed by atoms with Crippen molar-refractivity contribution in [2.24, 2.45) is 7.05 Å². The first-order valence-corrected chi connectivity index (χ1v) is 6.76. The SMILES string of the molecule is Cc1nn(C)c(C)c1CNC(=O)c1ccc2nc[nH]c2c1. The number of carbonyl (C=O) groups excluding carboxylic acids is 1. The summed E-state index contributed by atoms with van der Waals surface area (Å²) < 4.78 is 1.83. The predicted molar refractivity (Wildman–Crippen MR) is 79.9 cm³/mol. The minimum atomic E-state index is -0.103. The Bertz CT molecular complexity index is 815. The van der Waals surface area contributed by atoms with Gasteiger partial charge < -0.3 is 10.3 Å². The number of nitrogens with one attached hydrogen (secondary N) is 2. The number of benzene rings is 1. The Balaban J connectivity index is 1.76. The molecule has 0 aliphatic rings. The Hall–Kier alpha value is -2.63. The molecule has 108 valence electrons. The third-order valence-corrected chi connectivity index (χ3v) is 3.77. The Morgan fingerprint density at radius 3 is 2.90 bits per heavy atom. The highest BCUT2D eigenvalue weighted by Gasteiger charge is 2.12. The van der Waals surface area contributed by atoms with E-state index in [1.165, 1.54) is 0 Å². The fourth-order valence-electron chi connectivity index (χ4n) is 2.42. The zero-order chi connectivity index (χ0) is 15.0. The Labute approximate surface area is 122 Å². The van der Waals surface area contributed by atoms with Crippen molar-refractivity contribution in [3.63, 3.8) is 0 Å². The van der Waals surface area contributed by atoms with Crippen LogP contribution in [0.2, 0.25) is 0 Å². The summed E-state index contributed by atoms with van der Waals surface area (Å²) >= 11 is 0. The molecule has 6 nitrogen and oxygen atoms in total. The van der Waals surface area contributed by atoms with Crippen LogP contribution in [0.15, 0.2) is 24.5 Å². The molecule has 21 heavy (non-hydrogen) atoms. The molecular formula is C15H17N5O. The third kappa shape index (κ3) is 2.40. The van der Waals surface area contributed by atoms with Crippen molar-refractivity contribution in [2.75, 3.05) is 0 Å². The zero-order valence-electron chi connectivity index (χ0n) is 12.3. The quantitative estimate of drug-likeness (QED) is 0.770. The normalized spacial score (nSPS) is 11.0. The van der Waals surface area contributed by atoms with Crippen molar-refractivity contribution >= 4 is 16.9 Å². The van der Waals surface area contributed by atoms with Gasteiger partial charge in [0.05, 0.1) is 23.1 Å². The van der Waals surface area contributed by atoms with Crippen molar-refractivity contribution in [1.82, 2.24) is 25.1 Å². The summed E-state index contributed by atoms with van der Waals surface area (Å²) in [5, 5.41) is 7.29. The highest BCUT2D eigenvalue weighted by molar-refractivity contribution is 5.97. The van der Waals surface area contributed by atoms with Gasteiger partial charge >= 0.3 is 0 Å². The van der Waals surface area contributed by atoms with Crippen LogP contribution < -0.4 is 5.32 Å². The number of aromatic nitrogens is 4. The first-order valence-electron chi connectivity index (χ1n) is 6.76. The number of fused-ring (bicyclic) bond motifs is 1. The molecule has 2 aromatic heterocycles. The maximum absolute atomic E-state index is 12.2. The number of imidazole rings is 1. The monoisotopic (exact) mass is 283 g/mol. The van der Waals surface area contributed by atoms with Gasteiger partial charge in [0.25, 0.3) is 5.91 Å². The molecule has 0 unspecified atom stereocenters. The summed E-state index contributed by atoms with van der Waals surface area (Å²) in [5.41, 5.74) is 5.40. The minimum absolute atomic E-state index is 0.103. The maximum atomic E-state index is 12.2. The number of hydrogen-bond donors (Lipinski definition) is 2. The van der Waals surface area contributed by atoms with Crippen molar-refractivity contribution < 1.29 is 4.79 Å². The van der Waals surface area contributed by atoms with E-state index in [4.69, 9.17) is 0 Å². The first-order chi connectivity index (χ1) is 10.1. The van der Waals surface area contributed by atoms with E-state index in [-0.39, 0.29) is 5.91 Å². The molecule has 0 radical (unpaired) electrons. The van der Waals surface area contributed by atoms with Crippen LogP contribution in [-0.2, 0) is 13.6 Å². The topological polar surface area (TPSA) is 75.6 Å². The van der Waals surface area contributed by atoms with Crippen LogP contribution in [0.25, 0.3) is 11.0 Å². The van der Waals surface area contributed by atoms with Gasteiger partial charge in [-0.25, -0.2) is 4.98 Å². The molecule has 0 bridgehead atoms. The van der Waals surface area contributed by atoms with Gasteiger partial charge in [0.2, 0.25) is 0 Å². The second kappa shape index (κ2) is 5.05. The summed E-state index contributed by atoms with van der Waals surface area (Å²) in [5.74, 6) is -0.103. The molecule has 0 saturated carbocycles. The lowest BCUT2D eigenvalue weighted by Crippen LogP contribution is -2.23. The zero-order valence-corrected chi connectivity index (χ0v) is 12.3. The largest absolute Gasteiger partial charge is 0.348 e. The van der Waals surface area contributed by atoms with Gasteiger partial charge in [-0.05, 0) is 32.0 Å². The first kappa shape index (κ1) is 13.4. The number of aromatic amines is 1. The number of H-pyrrole nitrogens is 1. The van der Waals surface area contributed by atoms with E-state index in [1.807, 2.05) is 31.6 Å². The molecule has 0 aliphatic carbocycles. The van der Waals surface area contributed by atoms with E-state index >= 15 is 0 Å². The number of nitrogens with zero attached hydrogens (tertiary/aromatic N) is 3. The van der Waals surface area contributed by atoms with Crippen LogP contribution >= 0.6 is 0 Å². The number of rotatable bonds is 3. The van der Waals surface area contributed by atoms with Crippen LogP contribution in [0.5, 0.6) is 0 Å². The fraction of sp³-hybridized carbons (Fsp3) is 0.267. The Kier molecular flexibility index (Phi) is 3.21. The molecule has 0 aliphatic heterocycles. The van der Waals surface area contributed by atoms with Gasteiger partial charge in [-0.15, -0.1) is 0 Å². The van der Waals surface area contributed by atoms with Gasteiger partial charge in [0, 0.05) is 30.4 Å². The molecule has 2 N–H and O–H groups in total. The molecule has 2 heterocycles. The highest BCUT2D eigenvalue weighted by atomic mass is 16.1. The average Bonchev–Trinajstić information content (AvgIpc) is 3.02.